The summed E-state index contributed by atoms with van der Waals surface area (Å²) in [5.41, 5.74) is 1.97. The molecule has 2 heterocycles. The SMILES string of the molecule is Cc1sc(-c2ccco2)nc1C(=O)Nc1ccc(CC#N)cc1. The minimum atomic E-state index is -0.260. The average Bonchev–Trinajstić information content (AvgIpc) is 3.18. The first kappa shape index (κ1) is 15.0. The van der Waals surface area contributed by atoms with Crippen LogP contribution in [0, 0.1) is 18.3 Å². The van der Waals surface area contributed by atoms with Gasteiger partial charge in [-0.05, 0) is 36.8 Å². The van der Waals surface area contributed by atoms with Crippen LogP contribution in [0.15, 0.2) is 47.1 Å². The molecule has 23 heavy (non-hydrogen) atoms. The van der Waals surface area contributed by atoms with E-state index in [1.165, 1.54) is 11.3 Å². The highest BCUT2D eigenvalue weighted by Gasteiger charge is 2.17. The molecule has 0 unspecified atom stereocenters. The summed E-state index contributed by atoms with van der Waals surface area (Å²) in [7, 11) is 0. The van der Waals surface area contributed by atoms with Gasteiger partial charge in [0.2, 0.25) is 0 Å². The molecule has 0 saturated carbocycles. The molecule has 0 radical (unpaired) electrons. The van der Waals surface area contributed by atoms with E-state index >= 15 is 0 Å². The Morgan fingerprint density at radius 3 is 2.78 bits per heavy atom. The molecule has 1 aromatic carbocycles. The van der Waals surface area contributed by atoms with E-state index in [-0.39, 0.29) is 5.91 Å². The summed E-state index contributed by atoms with van der Waals surface area (Å²) in [6, 6.07) is 12.9. The van der Waals surface area contributed by atoms with Crippen LogP contribution in [-0.2, 0) is 6.42 Å². The number of nitriles is 1. The molecule has 5 nitrogen and oxygen atoms in total. The van der Waals surface area contributed by atoms with E-state index in [0.29, 0.717) is 28.6 Å². The van der Waals surface area contributed by atoms with Crippen LogP contribution in [0.2, 0.25) is 0 Å². The lowest BCUT2D eigenvalue weighted by molar-refractivity contribution is 0.102. The second-order valence-electron chi connectivity index (χ2n) is 4.89. The average molecular weight is 323 g/mol. The molecule has 1 N–H and O–H groups in total. The first-order chi connectivity index (χ1) is 11.2. The lowest BCUT2D eigenvalue weighted by Gasteiger charge is -2.04. The minimum Gasteiger partial charge on any atom is -0.462 e. The highest BCUT2D eigenvalue weighted by molar-refractivity contribution is 7.15. The van der Waals surface area contributed by atoms with E-state index in [1.807, 2.05) is 25.1 Å². The Kier molecular flexibility index (Phi) is 4.22. The number of nitrogens with zero attached hydrogens (tertiary/aromatic N) is 2. The Morgan fingerprint density at radius 1 is 1.35 bits per heavy atom. The number of carbonyl (C=O) groups excluding carboxylic acids is 1. The predicted molar refractivity (Wildman–Crippen MR) is 88.3 cm³/mol. The van der Waals surface area contributed by atoms with Crippen LogP contribution in [0.3, 0.4) is 0 Å². The molecule has 0 aliphatic heterocycles. The molecule has 2 aromatic heterocycles. The first-order valence-corrected chi connectivity index (χ1v) is 7.77. The summed E-state index contributed by atoms with van der Waals surface area (Å²) in [6.45, 7) is 1.86. The molecule has 0 fully saturated rings. The number of benzene rings is 1. The van der Waals surface area contributed by atoms with Crippen molar-refractivity contribution in [1.29, 1.82) is 5.26 Å². The Morgan fingerprint density at radius 2 is 2.13 bits per heavy atom. The van der Waals surface area contributed by atoms with Crippen LogP contribution < -0.4 is 5.32 Å². The second kappa shape index (κ2) is 6.46. The highest BCUT2D eigenvalue weighted by atomic mass is 32.1. The van der Waals surface area contributed by atoms with Crippen molar-refractivity contribution in [1.82, 2.24) is 4.98 Å². The summed E-state index contributed by atoms with van der Waals surface area (Å²) in [5, 5.41) is 12.2. The number of aromatic nitrogens is 1. The molecule has 0 aliphatic carbocycles. The fourth-order valence-electron chi connectivity index (χ4n) is 2.10. The van der Waals surface area contributed by atoms with Crippen molar-refractivity contribution < 1.29 is 9.21 Å². The number of anilines is 1. The minimum absolute atomic E-state index is 0.260. The summed E-state index contributed by atoms with van der Waals surface area (Å²) in [5.74, 6) is 0.391. The van der Waals surface area contributed by atoms with Crippen molar-refractivity contribution >= 4 is 22.9 Å². The number of furan rings is 1. The van der Waals surface area contributed by atoms with Gasteiger partial charge < -0.3 is 9.73 Å². The summed E-state index contributed by atoms with van der Waals surface area (Å²) in [4.78, 5) is 17.6. The molecule has 0 bridgehead atoms. The number of aryl methyl sites for hydroxylation is 1. The smallest absolute Gasteiger partial charge is 0.275 e. The van der Waals surface area contributed by atoms with Crippen LogP contribution in [0.25, 0.3) is 10.8 Å². The molecule has 114 valence electrons. The molecular weight excluding hydrogens is 310 g/mol. The number of thiazole rings is 1. The molecule has 1 amide bonds. The first-order valence-electron chi connectivity index (χ1n) is 6.96. The standard InChI is InChI=1S/C17H13N3O2S/c1-11-15(20-17(23-11)14-3-2-10-22-14)16(21)19-13-6-4-12(5-7-13)8-9-18/h2-7,10H,8H2,1H3,(H,19,21). The van der Waals surface area contributed by atoms with Crippen LogP contribution in [0.4, 0.5) is 5.69 Å². The maximum atomic E-state index is 12.4. The largest absolute Gasteiger partial charge is 0.462 e. The fourth-order valence-corrected chi connectivity index (χ4v) is 2.98. The summed E-state index contributed by atoms with van der Waals surface area (Å²) >= 11 is 1.42. The van der Waals surface area contributed by atoms with Gasteiger partial charge in [-0.15, -0.1) is 11.3 Å². The zero-order valence-electron chi connectivity index (χ0n) is 12.4. The third kappa shape index (κ3) is 3.30. The topological polar surface area (TPSA) is 78.9 Å². The van der Waals surface area contributed by atoms with Crippen LogP contribution in [-0.4, -0.2) is 10.9 Å². The van der Waals surface area contributed by atoms with Gasteiger partial charge >= 0.3 is 0 Å². The van der Waals surface area contributed by atoms with Crippen molar-refractivity contribution in [3.05, 3.63) is 58.8 Å². The van der Waals surface area contributed by atoms with Crippen molar-refractivity contribution in [2.45, 2.75) is 13.3 Å². The van der Waals surface area contributed by atoms with Crippen LogP contribution in [0.1, 0.15) is 20.9 Å². The maximum Gasteiger partial charge on any atom is 0.275 e. The highest BCUT2D eigenvalue weighted by Crippen LogP contribution is 2.28. The quantitative estimate of drug-likeness (QED) is 0.786. The molecule has 0 spiro atoms. The van der Waals surface area contributed by atoms with Gasteiger partial charge in [0.25, 0.3) is 5.91 Å². The zero-order valence-corrected chi connectivity index (χ0v) is 13.2. The van der Waals surface area contributed by atoms with E-state index in [2.05, 4.69) is 16.4 Å². The van der Waals surface area contributed by atoms with Crippen molar-refractivity contribution in [2.24, 2.45) is 0 Å². The summed E-state index contributed by atoms with van der Waals surface area (Å²) < 4.78 is 5.31. The van der Waals surface area contributed by atoms with E-state index in [4.69, 9.17) is 9.68 Å². The van der Waals surface area contributed by atoms with Gasteiger partial charge in [-0.3, -0.25) is 4.79 Å². The molecule has 3 rings (SSSR count). The number of carbonyl (C=O) groups is 1. The lowest BCUT2D eigenvalue weighted by Crippen LogP contribution is -2.13. The van der Waals surface area contributed by atoms with Crippen molar-refractivity contribution in [2.75, 3.05) is 5.32 Å². The van der Waals surface area contributed by atoms with Gasteiger partial charge in [0.15, 0.2) is 10.8 Å². The maximum absolute atomic E-state index is 12.4. The molecule has 6 heteroatoms. The van der Waals surface area contributed by atoms with Gasteiger partial charge in [-0.2, -0.15) is 5.26 Å². The number of amides is 1. The second-order valence-corrected chi connectivity index (χ2v) is 6.09. The Bertz CT molecular complexity index is 858. The van der Waals surface area contributed by atoms with Crippen molar-refractivity contribution in [3.63, 3.8) is 0 Å². The number of hydrogen-bond acceptors (Lipinski definition) is 5. The number of rotatable bonds is 4. The third-order valence-electron chi connectivity index (χ3n) is 3.24. The van der Waals surface area contributed by atoms with Crippen LogP contribution >= 0.6 is 11.3 Å². The van der Waals surface area contributed by atoms with E-state index in [1.54, 1.807) is 24.5 Å². The van der Waals surface area contributed by atoms with E-state index in [9.17, 15) is 4.79 Å². The number of nitrogens with one attached hydrogen (secondary N) is 1. The lowest BCUT2D eigenvalue weighted by atomic mass is 10.1. The zero-order chi connectivity index (χ0) is 16.2. The molecular formula is C17H13N3O2S. The summed E-state index contributed by atoms with van der Waals surface area (Å²) in [6.07, 6.45) is 1.93. The molecule has 0 atom stereocenters. The fraction of sp³-hybridized carbons (Fsp3) is 0.118. The molecule has 3 aromatic rings. The van der Waals surface area contributed by atoms with Gasteiger partial charge in [0.1, 0.15) is 5.69 Å². The van der Waals surface area contributed by atoms with E-state index in [0.717, 1.165) is 10.4 Å². The third-order valence-corrected chi connectivity index (χ3v) is 4.22. The van der Waals surface area contributed by atoms with Crippen molar-refractivity contribution in [3.8, 4) is 16.8 Å². The number of hydrogen-bond donors (Lipinski definition) is 1. The molecule has 0 saturated heterocycles. The Labute approximate surface area is 137 Å². The molecule has 0 aliphatic rings. The Balaban J connectivity index is 1.77. The van der Waals surface area contributed by atoms with Gasteiger partial charge in [0, 0.05) is 10.6 Å². The normalized spacial score (nSPS) is 10.3. The van der Waals surface area contributed by atoms with E-state index < -0.39 is 0 Å². The Hall–Kier alpha value is -2.91. The van der Waals surface area contributed by atoms with Crippen LogP contribution in [0.5, 0.6) is 0 Å². The van der Waals surface area contributed by atoms with Gasteiger partial charge in [-0.25, -0.2) is 4.98 Å². The van der Waals surface area contributed by atoms with Gasteiger partial charge in [0.05, 0.1) is 18.8 Å². The monoisotopic (exact) mass is 323 g/mol. The van der Waals surface area contributed by atoms with Gasteiger partial charge in [-0.1, -0.05) is 12.1 Å². The predicted octanol–water partition coefficient (Wildman–Crippen LogP) is 4.03.